The van der Waals surface area contributed by atoms with Crippen LogP contribution in [0.1, 0.15) is 32.4 Å². The van der Waals surface area contributed by atoms with Crippen LogP contribution in [-0.2, 0) is 11.3 Å². The van der Waals surface area contributed by atoms with Gasteiger partial charge in [-0.1, -0.05) is 26.7 Å². The first-order valence-electron chi connectivity index (χ1n) is 5.69. The van der Waals surface area contributed by atoms with Crippen molar-refractivity contribution >= 4 is 5.91 Å². The second-order valence-electron chi connectivity index (χ2n) is 3.98. The fraction of sp³-hybridized carbons (Fsp3) is 0.667. The van der Waals surface area contributed by atoms with Crippen LogP contribution in [0, 0.1) is 6.92 Å². The van der Waals surface area contributed by atoms with E-state index >= 15 is 0 Å². The average molecular weight is 225 g/mol. The highest BCUT2D eigenvalue weighted by Gasteiger charge is 2.04. The van der Waals surface area contributed by atoms with Crippen LogP contribution in [0.4, 0.5) is 0 Å². The van der Waals surface area contributed by atoms with Gasteiger partial charge < -0.3 is 9.47 Å². The van der Waals surface area contributed by atoms with E-state index in [1.807, 2.05) is 13.1 Å². The van der Waals surface area contributed by atoms with Gasteiger partial charge in [0.1, 0.15) is 6.54 Å². The third-order valence-electron chi connectivity index (χ3n) is 2.08. The third-order valence-corrected chi connectivity index (χ3v) is 2.08. The van der Waals surface area contributed by atoms with Crippen LogP contribution >= 0.6 is 0 Å². The molecule has 1 heterocycles. The number of hydrogen-bond acceptors (Lipinski definition) is 2. The van der Waals surface area contributed by atoms with Crippen molar-refractivity contribution in [2.75, 3.05) is 14.1 Å². The highest BCUT2D eigenvalue weighted by molar-refractivity contribution is 5.75. The van der Waals surface area contributed by atoms with Gasteiger partial charge in [0.05, 0.1) is 12.0 Å². The van der Waals surface area contributed by atoms with E-state index < -0.39 is 0 Å². The van der Waals surface area contributed by atoms with Crippen LogP contribution in [0.15, 0.2) is 12.5 Å². The zero-order valence-electron chi connectivity index (χ0n) is 11.0. The molecule has 0 bridgehead atoms. The van der Waals surface area contributed by atoms with Gasteiger partial charge in [-0.25, -0.2) is 4.98 Å². The Morgan fingerprint density at radius 1 is 1.38 bits per heavy atom. The van der Waals surface area contributed by atoms with Crippen molar-refractivity contribution in [2.45, 2.75) is 40.2 Å². The van der Waals surface area contributed by atoms with E-state index in [9.17, 15) is 4.79 Å². The van der Waals surface area contributed by atoms with Gasteiger partial charge in [0, 0.05) is 20.3 Å². The van der Waals surface area contributed by atoms with Gasteiger partial charge in [-0.15, -0.1) is 0 Å². The van der Waals surface area contributed by atoms with E-state index in [1.54, 1.807) is 29.9 Å². The van der Waals surface area contributed by atoms with Crippen molar-refractivity contribution in [1.29, 1.82) is 0 Å². The van der Waals surface area contributed by atoms with E-state index in [4.69, 9.17) is 0 Å². The molecule has 1 rings (SSSR count). The molecule has 0 N–H and O–H groups in total. The molecule has 4 heteroatoms. The minimum Gasteiger partial charge on any atom is -0.347 e. The van der Waals surface area contributed by atoms with Gasteiger partial charge in [-0.05, 0) is 6.92 Å². The standard InChI is InChI=1S/C8H13N3O.C4H10/c1-7-4-11(6-9-7)5-8(12)10(2)3;1-3-4-2/h4,6H,5H2,1-3H3;3-4H2,1-2H3. The lowest BCUT2D eigenvalue weighted by atomic mass is 10.4. The number of likely N-dealkylation sites (N-methyl/N-ethyl adjacent to an activating group) is 1. The van der Waals surface area contributed by atoms with E-state index in [1.165, 1.54) is 12.8 Å². The topological polar surface area (TPSA) is 38.1 Å². The molecule has 0 radical (unpaired) electrons. The Morgan fingerprint density at radius 3 is 2.25 bits per heavy atom. The first-order chi connectivity index (χ1) is 7.51. The lowest BCUT2D eigenvalue weighted by Gasteiger charge is -2.09. The van der Waals surface area contributed by atoms with E-state index in [-0.39, 0.29) is 5.91 Å². The maximum Gasteiger partial charge on any atom is 0.242 e. The summed E-state index contributed by atoms with van der Waals surface area (Å²) in [6.07, 6.45) is 6.15. The molecule has 0 saturated carbocycles. The fourth-order valence-corrected chi connectivity index (χ4v) is 0.856. The smallest absolute Gasteiger partial charge is 0.242 e. The molecule has 0 saturated heterocycles. The van der Waals surface area contributed by atoms with Crippen LogP contribution in [-0.4, -0.2) is 34.5 Å². The molecule has 0 aliphatic rings. The quantitative estimate of drug-likeness (QED) is 0.790. The second kappa shape index (κ2) is 7.91. The monoisotopic (exact) mass is 225 g/mol. The minimum atomic E-state index is 0.0763. The van der Waals surface area contributed by atoms with Gasteiger partial charge in [-0.3, -0.25) is 4.79 Å². The molecular weight excluding hydrogens is 202 g/mol. The maximum atomic E-state index is 11.2. The summed E-state index contributed by atoms with van der Waals surface area (Å²) in [5.41, 5.74) is 0.932. The van der Waals surface area contributed by atoms with Crippen molar-refractivity contribution in [3.05, 3.63) is 18.2 Å². The molecule has 1 aromatic rings. The van der Waals surface area contributed by atoms with Crippen molar-refractivity contribution in [1.82, 2.24) is 14.5 Å². The number of aryl methyl sites for hydroxylation is 1. The Hall–Kier alpha value is -1.32. The minimum absolute atomic E-state index is 0.0763. The van der Waals surface area contributed by atoms with Crippen LogP contribution in [0.2, 0.25) is 0 Å². The number of hydrogen-bond donors (Lipinski definition) is 0. The first kappa shape index (κ1) is 14.7. The number of carbonyl (C=O) groups excluding carboxylic acids is 1. The molecule has 1 amide bonds. The molecule has 0 atom stereocenters. The maximum absolute atomic E-state index is 11.2. The van der Waals surface area contributed by atoms with Crippen LogP contribution < -0.4 is 0 Å². The molecule has 0 aromatic carbocycles. The first-order valence-corrected chi connectivity index (χ1v) is 5.69. The van der Waals surface area contributed by atoms with Crippen LogP contribution in [0.5, 0.6) is 0 Å². The Labute approximate surface area is 98.3 Å². The molecule has 0 aliphatic heterocycles. The normalized spacial score (nSPS) is 9.31. The number of unbranched alkanes of at least 4 members (excludes halogenated alkanes) is 1. The molecule has 0 aliphatic carbocycles. The molecule has 1 aromatic heterocycles. The lowest BCUT2D eigenvalue weighted by Crippen LogP contribution is -2.25. The van der Waals surface area contributed by atoms with Crippen LogP contribution in [0.25, 0.3) is 0 Å². The van der Waals surface area contributed by atoms with Crippen molar-refractivity contribution in [3.8, 4) is 0 Å². The molecular formula is C12H23N3O. The molecule has 16 heavy (non-hydrogen) atoms. The number of nitrogens with zero attached hydrogens (tertiary/aromatic N) is 3. The van der Waals surface area contributed by atoms with Gasteiger partial charge in [0.2, 0.25) is 5.91 Å². The van der Waals surface area contributed by atoms with E-state index in [2.05, 4.69) is 18.8 Å². The van der Waals surface area contributed by atoms with Gasteiger partial charge >= 0.3 is 0 Å². The second-order valence-corrected chi connectivity index (χ2v) is 3.98. The predicted molar refractivity (Wildman–Crippen MR) is 66.2 cm³/mol. The zero-order valence-corrected chi connectivity index (χ0v) is 11.0. The molecule has 0 fully saturated rings. The van der Waals surface area contributed by atoms with Gasteiger partial charge in [0.25, 0.3) is 0 Å². The summed E-state index contributed by atoms with van der Waals surface area (Å²) in [6, 6.07) is 0. The zero-order chi connectivity index (χ0) is 12.6. The molecule has 4 nitrogen and oxygen atoms in total. The molecule has 0 spiro atoms. The lowest BCUT2D eigenvalue weighted by molar-refractivity contribution is -0.129. The highest BCUT2D eigenvalue weighted by atomic mass is 16.2. The molecule has 0 unspecified atom stereocenters. The molecule has 92 valence electrons. The largest absolute Gasteiger partial charge is 0.347 e. The summed E-state index contributed by atoms with van der Waals surface area (Å²) in [5, 5.41) is 0. The summed E-state index contributed by atoms with van der Waals surface area (Å²) in [6.45, 7) is 6.63. The SMILES string of the molecule is CCCC.Cc1cn(CC(=O)N(C)C)cn1. The van der Waals surface area contributed by atoms with Crippen molar-refractivity contribution < 1.29 is 4.79 Å². The third kappa shape index (κ3) is 6.22. The highest BCUT2D eigenvalue weighted by Crippen LogP contribution is 1.94. The van der Waals surface area contributed by atoms with E-state index in [0.717, 1.165) is 5.69 Å². The number of carbonyl (C=O) groups is 1. The van der Waals surface area contributed by atoms with Gasteiger partial charge in [-0.2, -0.15) is 0 Å². The number of amides is 1. The number of imidazole rings is 1. The Morgan fingerprint density at radius 2 is 1.94 bits per heavy atom. The van der Waals surface area contributed by atoms with E-state index in [0.29, 0.717) is 6.54 Å². The number of rotatable bonds is 3. The summed E-state index contributed by atoms with van der Waals surface area (Å²) in [5.74, 6) is 0.0763. The Bertz CT molecular complexity index is 303. The Balaban J connectivity index is 0.000000487. The van der Waals surface area contributed by atoms with Gasteiger partial charge in [0.15, 0.2) is 0 Å². The Kier molecular flexibility index (Phi) is 7.25. The summed E-state index contributed by atoms with van der Waals surface area (Å²) in [7, 11) is 3.48. The fourth-order valence-electron chi connectivity index (χ4n) is 0.856. The summed E-state index contributed by atoms with van der Waals surface area (Å²) < 4.78 is 1.78. The van der Waals surface area contributed by atoms with Crippen molar-refractivity contribution in [2.24, 2.45) is 0 Å². The average Bonchev–Trinajstić information content (AvgIpc) is 2.64. The summed E-state index contributed by atoms with van der Waals surface area (Å²) in [4.78, 5) is 16.8. The number of aromatic nitrogens is 2. The summed E-state index contributed by atoms with van der Waals surface area (Å²) >= 11 is 0. The predicted octanol–water partition coefficient (Wildman–Crippen LogP) is 2.09. The van der Waals surface area contributed by atoms with Crippen molar-refractivity contribution in [3.63, 3.8) is 0 Å². The van der Waals surface area contributed by atoms with Crippen LogP contribution in [0.3, 0.4) is 0 Å².